The summed E-state index contributed by atoms with van der Waals surface area (Å²) in [6, 6.07) is 9.86. The van der Waals surface area contributed by atoms with Gasteiger partial charge in [-0.05, 0) is 26.3 Å². The molecule has 1 unspecified atom stereocenters. The second kappa shape index (κ2) is 9.09. The Balaban J connectivity index is 1.58. The number of nitrogens with zero attached hydrogens (tertiary/aromatic N) is 4. The number of β-amino-alcohol motifs (C(OH)–C–C–N with tert-alkyl or cyclic N) is 1. The van der Waals surface area contributed by atoms with Crippen molar-refractivity contribution >= 4 is 12.0 Å². The molecule has 0 aliphatic carbocycles. The Bertz CT molecular complexity index is 793. The van der Waals surface area contributed by atoms with E-state index in [4.69, 9.17) is 9.47 Å². The number of ether oxygens (including phenoxy) is 2. The third kappa shape index (κ3) is 6.32. The minimum Gasteiger partial charge on any atom is -0.486 e. The van der Waals surface area contributed by atoms with Crippen molar-refractivity contribution in [1.29, 1.82) is 0 Å². The lowest BCUT2D eigenvalue weighted by Crippen LogP contribution is -2.41. The molecule has 29 heavy (non-hydrogen) atoms. The molecular weight excluding hydrogens is 372 g/mol. The lowest BCUT2D eigenvalue weighted by molar-refractivity contribution is 0.0186. The number of rotatable bonds is 4. The second-order valence-electron chi connectivity index (χ2n) is 8.02. The highest BCUT2D eigenvalue weighted by Gasteiger charge is 2.28. The SMILES string of the molecule is CC(C)(C)OC(=O)N1CCN(c2ncc(OCc3ccccc3)cn2)CC(O)C1. The highest BCUT2D eigenvalue weighted by atomic mass is 16.6. The summed E-state index contributed by atoms with van der Waals surface area (Å²) in [4.78, 5) is 24.4. The molecule has 8 heteroatoms. The number of carbonyl (C=O) groups is 1. The van der Waals surface area contributed by atoms with Crippen LogP contribution in [0.3, 0.4) is 0 Å². The van der Waals surface area contributed by atoms with Crippen molar-refractivity contribution in [3.63, 3.8) is 0 Å². The summed E-state index contributed by atoms with van der Waals surface area (Å²) < 4.78 is 11.1. The molecule has 2 aromatic rings. The van der Waals surface area contributed by atoms with Crippen LogP contribution in [0.15, 0.2) is 42.7 Å². The predicted molar refractivity (Wildman–Crippen MR) is 109 cm³/mol. The first-order chi connectivity index (χ1) is 13.8. The molecule has 1 fully saturated rings. The van der Waals surface area contributed by atoms with E-state index in [1.165, 1.54) is 4.90 Å². The van der Waals surface area contributed by atoms with E-state index in [1.54, 1.807) is 12.4 Å². The molecule has 1 aromatic carbocycles. The zero-order chi connectivity index (χ0) is 20.9. The first kappa shape index (κ1) is 20.9. The molecule has 0 saturated carbocycles. The van der Waals surface area contributed by atoms with E-state index in [1.807, 2.05) is 56.0 Å². The Hall–Kier alpha value is -2.87. The van der Waals surface area contributed by atoms with Crippen LogP contribution in [0.2, 0.25) is 0 Å². The summed E-state index contributed by atoms with van der Waals surface area (Å²) in [6.45, 7) is 7.37. The van der Waals surface area contributed by atoms with Gasteiger partial charge in [0.1, 0.15) is 12.2 Å². The first-order valence-corrected chi connectivity index (χ1v) is 9.70. The van der Waals surface area contributed by atoms with Crippen molar-refractivity contribution in [1.82, 2.24) is 14.9 Å². The number of carbonyl (C=O) groups excluding carboxylic acids is 1. The molecule has 0 radical (unpaired) electrons. The fourth-order valence-corrected chi connectivity index (χ4v) is 2.95. The van der Waals surface area contributed by atoms with Crippen molar-refractivity contribution in [3.8, 4) is 5.75 Å². The molecular formula is C21H28N4O4. The van der Waals surface area contributed by atoms with Crippen molar-refractivity contribution in [2.45, 2.75) is 39.1 Å². The average molecular weight is 400 g/mol. The molecule has 2 heterocycles. The molecule has 1 aromatic heterocycles. The number of aliphatic hydroxyl groups is 1. The van der Waals surface area contributed by atoms with Gasteiger partial charge in [-0.15, -0.1) is 0 Å². The normalized spacial score (nSPS) is 17.6. The Kier molecular flexibility index (Phi) is 6.53. The molecule has 1 atom stereocenters. The van der Waals surface area contributed by atoms with Gasteiger partial charge in [-0.2, -0.15) is 0 Å². The van der Waals surface area contributed by atoms with E-state index in [9.17, 15) is 9.90 Å². The Morgan fingerprint density at radius 1 is 1.14 bits per heavy atom. The van der Waals surface area contributed by atoms with E-state index in [-0.39, 0.29) is 6.54 Å². The number of benzene rings is 1. The number of aromatic nitrogens is 2. The van der Waals surface area contributed by atoms with Crippen molar-refractivity contribution in [3.05, 3.63) is 48.3 Å². The van der Waals surface area contributed by atoms with Crippen LogP contribution < -0.4 is 9.64 Å². The Morgan fingerprint density at radius 2 is 1.83 bits per heavy atom. The van der Waals surface area contributed by atoms with Crippen LogP contribution in [0.5, 0.6) is 5.75 Å². The summed E-state index contributed by atoms with van der Waals surface area (Å²) in [5.74, 6) is 1.06. The van der Waals surface area contributed by atoms with E-state index >= 15 is 0 Å². The molecule has 1 amide bonds. The first-order valence-electron chi connectivity index (χ1n) is 9.70. The molecule has 8 nitrogen and oxygen atoms in total. The number of hydrogen-bond donors (Lipinski definition) is 1. The van der Waals surface area contributed by atoms with Crippen LogP contribution >= 0.6 is 0 Å². The standard InChI is InChI=1S/C21H28N4O4/c1-21(2,3)29-20(27)25-10-9-24(13-17(26)14-25)19-22-11-18(12-23-19)28-15-16-7-5-4-6-8-16/h4-8,11-12,17,26H,9-10,13-15H2,1-3H3. The van der Waals surface area contributed by atoms with Crippen molar-refractivity contribution in [2.24, 2.45) is 0 Å². The minimum absolute atomic E-state index is 0.212. The maximum Gasteiger partial charge on any atom is 0.410 e. The van der Waals surface area contributed by atoms with E-state index in [2.05, 4.69) is 9.97 Å². The highest BCUT2D eigenvalue weighted by Crippen LogP contribution is 2.17. The summed E-state index contributed by atoms with van der Waals surface area (Å²) in [5.41, 5.74) is 0.488. The Morgan fingerprint density at radius 3 is 2.48 bits per heavy atom. The third-order valence-electron chi connectivity index (χ3n) is 4.30. The van der Waals surface area contributed by atoms with E-state index < -0.39 is 17.8 Å². The zero-order valence-electron chi connectivity index (χ0n) is 17.1. The van der Waals surface area contributed by atoms with Crippen LogP contribution in [-0.4, -0.2) is 64.0 Å². The lowest BCUT2D eigenvalue weighted by Gasteiger charge is -2.26. The monoisotopic (exact) mass is 400 g/mol. The van der Waals surface area contributed by atoms with Gasteiger partial charge in [-0.1, -0.05) is 30.3 Å². The van der Waals surface area contributed by atoms with Crippen LogP contribution in [0.25, 0.3) is 0 Å². The molecule has 3 rings (SSSR count). The molecule has 1 saturated heterocycles. The van der Waals surface area contributed by atoms with Crippen LogP contribution in [0.1, 0.15) is 26.3 Å². The summed E-state index contributed by atoms with van der Waals surface area (Å²) in [5, 5.41) is 10.3. The van der Waals surface area contributed by atoms with Gasteiger partial charge < -0.3 is 24.4 Å². The maximum atomic E-state index is 12.3. The number of aliphatic hydroxyl groups excluding tert-OH is 1. The van der Waals surface area contributed by atoms with E-state index in [0.717, 1.165) is 5.56 Å². The number of hydrogen-bond acceptors (Lipinski definition) is 7. The van der Waals surface area contributed by atoms with Crippen molar-refractivity contribution < 1.29 is 19.4 Å². The van der Waals surface area contributed by atoms with Crippen LogP contribution in [0, 0.1) is 0 Å². The van der Waals surface area contributed by atoms with Crippen LogP contribution in [-0.2, 0) is 11.3 Å². The Labute approximate surface area is 171 Å². The largest absolute Gasteiger partial charge is 0.486 e. The molecule has 1 aliphatic heterocycles. The van der Waals surface area contributed by atoms with Gasteiger partial charge in [0, 0.05) is 19.6 Å². The van der Waals surface area contributed by atoms with Gasteiger partial charge in [0.2, 0.25) is 5.95 Å². The lowest BCUT2D eigenvalue weighted by atomic mass is 10.2. The van der Waals surface area contributed by atoms with Gasteiger partial charge in [0.15, 0.2) is 5.75 Å². The third-order valence-corrected chi connectivity index (χ3v) is 4.30. The smallest absolute Gasteiger partial charge is 0.410 e. The van der Waals surface area contributed by atoms with Gasteiger partial charge in [0.05, 0.1) is 25.0 Å². The molecule has 156 valence electrons. The average Bonchev–Trinajstić information content (AvgIpc) is 2.88. The summed E-state index contributed by atoms with van der Waals surface area (Å²) >= 11 is 0. The molecule has 1 N–H and O–H groups in total. The fourth-order valence-electron chi connectivity index (χ4n) is 2.95. The minimum atomic E-state index is -0.720. The van der Waals surface area contributed by atoms with E-state index in [0.29, 0.717) is 37.9 Å². The topological polar surface area (TPSA) is 88.0 Å². The number of anilines is 1. The van der Waals surface area contributed by atoms with Gasteiger partial charge in [-0.25, -0.2) is 14.8 Å². The molecule has 0 bridgehead atoms. The van der Waals surface area contributed by atoms with Gasteiger partial charge >= 0.3 is 6.09 Å². The quantitative estimate of drug-likeness (QED) is 0.843. The highest BCUT2D eigenvalue weighted by molar-refractivity contribution is 5.68. The zero-order valence-corrected chi connectivity index (χ0v) is 17.1. The number of amides is 1. The summed E-state index contributed by atoms with van der Waals surface area (Å²) in [7, 11) is 0. The van der Waals surface area contributed by atoms with Gasteiger partial charge in [0.25, 0.3) is 0 Å². The molecule has 1 aliphatic rings. The predicted octanol–water partition coefficient (Wildman–Crippen LogP) is 2.47. The van der Waals surface area contributed by atoms with Crippen molar-refractivity contribution in [2.75, 3.05) is 31.1 Å². The fraction of sp³-hybridized carbons (Fsp3) is 0.476. The summed E-state index contributed by atoms with van der Waals surface area (Å²) in [6.07, 6.45) is 2.09. The maximum absolute atomic E-state index is 12.3. The second-order valence-corrected chi connectivity index (χ2v) is 8.02. The molecule has 0 spiro atoms. The van der Waals surface area contributed by atoms with Crippen LogP contribution in [0.4, 0.5) is 10.7 Å². The van der Waals surface area contributed by atoms with Gasteiger partial charge in [-0.3, -0.25) is 0 Å².